The molecular weight excluding hydrogens is 274 g/mol. The van der Waals surface area contributed by atoms with Gasteiger partial charge in [-0.2, -0.15) is 15.3 Å². The molecule has 0 aromatic heterocycles. The van der Waals surface area contributed by atoms with Crippen LogP contribution in [-0.4, -0.2) is 10.5 Å². The van der Waals surface area contributed by atoms with E-state index in [1.807, 2.05) is 6.07 Å². The van der Waals surface area contributed by atoms with Crippen molar-refractivity contribution in [3.8, 4) is 12.1 Å². The first kappa shape index (κ1) is 16.0. The predicted octanol–water partition coefficient (Wildman–Crippen LogP) is 3.87. The van der Waals surface area contributed by atoms with Crippen LogP contribution in [0.2, 0.25) is 0 Å². The number of hydrogen-bond donors (Lipinski definition) is 0. The normalized spacial score (nSPS) is 17.9. The van der Waals surface area contributed by atoms with E-state index in [1.54, 1.807) is 38.1 Å². The molecule has 114 valence electrons. The van der Waals surface area contributed by atoms with Crippen LogP contribution in [0.15, 0.2) is 30.3 Å². The summed E-state index contributed by atoms with van der Waals surface area (Å²) in [6, 6.07) is 13.3. The minimum Gasteiger partial charge on any atom is -0.622 e. The Balaban J connectivity index is 2.71. The smallest absolute Gasteiger partial charge is 0.301 e. The molecule has 0 heterocycles. The van der Waals surface area contributed by atoms with Crippen LogP contribution in [0, 0.1) is 33.3 Å². The van der Waals surface area contributed by atoms with Crippen molar-refractivity contribution >= 4 is 5.71 Å². The monoisotopic (exact) mass is 295 g/mol. The lowest BCUT2D eigenvalue weighted by Crippen LogP contribution is -2.49. The Morgan fingerprint density at radius 2 is 1.59 bits per heavy atom. The quantitative estimate of drug-likeness (QED) is 0.482. The highest BCUT2D eigenvalue weighted by Gasteiger charge is 2.56. The molecule has 1 aromatic rings. The summed E-state index contributed by atoms with van der Waals surface area (Å²) in [6.07, 6.45) is 4.47. The molecule has 0 N–H and O–H groups in total. The predicted molar refractivity (Wildman–Crippen MR) is 84.8 cm³/mol. The van der Waals surface area contributed by atoms with Crippen LogP contribution >= 0.6 is 0 Å². The minimum atomic E-state index is -1.52. The fourth-order valence-corrected chi connectivity index (χ4v) is 3.14. The first-order valence-electron chi connectivity index (χ1n) is 7.69. The zero-order valence-corrected chi connectivity index (χ0v) is 13.2. The van der Waals surface area contributed by atoms with E-state index < -0.39 is 11.0 Å². The Hall–Kier alpha value is -2.33. The highest BCUT2D eigenvalue weighted by molar-refractivity contribution is 5.80. The fourth-order valence-electron chi connectivity index (χ4n) is 3.14. The molecule has 1 fully saturated rings. The van der Waals surface area contributed by atoms with Crippen LogP contribution in [0.5, 0.6) is 0 Å². The maximum Gasteiger partial charge on any atom is 0.301 e. The summed E-state index contributed by atoms with van der Waals surface area (Å²) in [5.41, 5.74) is -1.33. The average molecular weight is 295 g/mol. The Labute approximate surface area is 131 Å². The molecule has 4 nitrogen and oxygen atoms in total. The molecule has 4 heteroatoms. The second kappa shape index (κ2) is 6.20. The molecule has 0 saturated heterocycles. The number of hydroxylamine groups is 1. The second-order valence-electron chi connectivity index (χ2n) is 6.35. The molecular formula is C18H21N3O. The molecule has 1 saturated carbocycles. The van der Waals surface area contributed by atoms with Crippen molar-refractivity contribution in [1.29, 1.82) is 10.5 Å². The third-order valence-electron chi connectivity index (χ3n) is 4.56. The molecule has 0 aliphatic heterocycles. The summed E-state index contributed by atoms with van der Waals surface area (Å²) in [4.78, 5) is 0. The number of benzene rings is 1. The van der Waals surface area contributed by atoms with Crippen molar-refractivity contribution in [3.63, 3.8) is 0 Å². The summed E-state index contributed by atoms with van der Waals surface area (Å²) in [5, 5.41) is 32.7. The Bertz CT molecular complexity index is 641. The van der Waals surface area contributed by atoms with Crippen LogP contribution < -0.4 is 0 Å². The van der Waals surface area contributed by atoms with Gasteiger partial charge >= 0.3 is 5.54 Å². The number of rotatable bonds is 3. The molecule has 0 radical (unpaired) electrons. The summed E-state index contributed by atoms with van der Waals surface area (Å²) >= 11 is 0. The SMILES string of the molecule is CC(C)(C#N)C(C#N)(c1ccccc1)[N+]([O-])=C1CCCCC1. The number of nitriles is 2. The van der Waals surface area contributed by atoms with Crippen molar-refractivity contribution in [2.45, 2.75) is 51.5 Å². The van der Waals surface area contributed by atoms with Crippen LogP contribution in [0.1, 0.15) is 51.5 Å². The number of hydrogen-bond acceptors (Lipinski definition) is 3. The van der Waals surface area contributed by atoms with Gasteiger partial charge in [-0.1, -0.05) is 36.8 Å². The van der Waals surface area contributed by atoms with Crippen LogP contribution in [0.4, 0.5) is 0 Å². The van der Waals surface area contributed by atoms with E-state index in [1.165, 1.54) is 0 Å². The molecule has 2 rings (SSSR count). The maximum absolute atomic E-state index is 13.2. The standard InChI is InChI=1S/C18H21N3O/c1-17(2,13-19)18(14-20,15-9-5-3-6-10-15)21(22)16-11-7-4-8-12-16/h3,5-6,9-10H,4,7-8,11-12H2,1-2H3. The first-order chi connectivity index (χ1) is 10.5. The number of nitrogens with zero attached hydrogens (tertiary/aromatic N) is 3. The fraction of sp³-hybridized carbons (Fsp3) is 0.500. The van der Waals surface area contributed by atoms with E-state index in [4.69, 9.17) is 0 Å². The summed E-state index contributed by atoms with van der Waals surface area (Å²) in [5.74, 6) is 0. The molecule has 0 amide bonds. The van der Waals surface area contributed by atoms with E-state index in [2.05, 4.69) is 12.1 Å². The largest absolute Gasteiger partial charge is 0.622 e. The third-order valence-corrected chi connectivity index (χ3v) is 4.56. The van der Waals surface area contributed by atoms with E-state index in [9.17, 15) is 15.7 Å². The molecule has 1 aliphatic carbocycles. The van der Waals surface area contributed by atoms with E-state index in [-0.39, 0.29) is 0 Å². The average Bonchev–Trinajstić information content (AvgIpc) is 2.57. The molecule has 1 aromatic carbocycles. The van der Waals surface area contributed by atoms with Gasteiger partial charge in [0.05, 0.1) is 6.07 Å². The van der Waals surface area contributed by atoms with Crippen LogP contribution in [0.25, 0.3) is 0 Å². The van der Waals surface area contributed by atoms with Crippen molar-refractivity contribution in [1.82, 2.24) is 0 Å². The summed E-state index contributed by atoms with van der Waals surface area (Å²) < 4.78 is 0.838. The van der Waals surface area contributed by atoms with Gasteiger partial charge in [0, 0.05) is 18.4 Å². The lowest BCUT2D eigenvalue weighted by atomic mass is 9.69. The van der Waals surface area contributed by atoms with Crippen molar-refractivity contribution in [2.24, 2.45) is 5.41 Å². The Kier molecular flexibility index (Phi) is 4.52. The highest BCUT2D eigenvalue weighted by Crippen LogP contribution is 2.42. The Morgan fingerprint density at radius 3 is 2.09 bits per heavy atom. The van der Waals surface area contributed by atoms with Gasteiger partial charge in [0.1, 0.15) is 11.5 Å². The van der Waals surface area contributed by atoms with Gasteiger partial charge in [0.15, 0.2) is 5.71 Å². The zero-order valence-electron chi connectivity index (χ0n) is 13.2. The lowest BCUT2D eigenvalue weighted by Gasteiger charge is -2.36. The van der Waals surface area contributed by atoms with Gasteiger partial charge in [-0.25, -0.2) is 0 Å². The molecule has 0 spiro atoms. The van der Waals surface area contributed by atoms with Gasteiger partial charge in [-0.3, -0.25) is 0 Å². The van der Waals surface area contributed by atoms with E-state index in [0.717, 1.165) is 29.7 Å². The summed E-state index contributed by atoms with van der Waals surface area (Å²) in [7, 11) is 0. The van der Waals surface area contributed by atoms with Gasteiger partial charge in [-0.05, 0) is 26.7 Å². The van der Waals surface area contributed by atoms with Crippen molar-refractivity contribution in [3.05, 3.63) is 41.1 Å². The topological polar surface area (TPSA) is 73.6 Å². The lowest BCUT2D eigenvalue weighted by molar-refractivity contribution is -0.560. The van der Waals surface area contributed by atoms with Gasteiger partial charge < -0.3 is 5.21 Å². The Morgan fingerprint density at radius 1 is 1.00 bits per heavy atom. The molecule has 1 aliphatic rings. The van der Waals surface area contributed by atoms with E-state index in [0.29, 0.717) is 18.4 Å². The van der Waals surface area contributed by atoms with Crippen LogP contribution in [0.3, 0.4) is 0 Å². The first-order valence-corrected chi connectivity index (χ1v) is 7.69. The van der Waals surface area contributed by atoms with E-state index >= 15 is 0 Å². The zero-order chi connectivity index (χ0) is 16.2. The highest BCUT2D eigenvalue weighted by atomic mass is 16.5. The second-order valence-corrected chi connectivity index (χ2v) is 6.35. The minimum absolute atomic E-state index is 0.581. The summed E-state index contributed by atoms with van der Waals surface area (Å²) in [6.45, 7) is 3.33. The van der Waals surface area contributed by atoms with Crippen LogP contribution in [-0.2, 0) is 5.54 Å². The molecule has 0 bridgehead atoms. The maximum atomic E-state index is 13.2. The molecule has 22 heavy (non-hydrogen) atoms. The van der Waals surface area contributed by atoms with Crippen molar-refractivity contribution in [2.75, 3.05) is 0 Å². The van der Waals surface area contributed by atoms with Gasteiger partial charge in [0.2, 0.25) is 0 Å². The van der Waals surface area contributed by atoms with Gasteiger partial charge in [0.25, 0.3) is 0 Å². The molecule has 1 atom stereocenters. The molecule has 1 unspecified atom stereocenters. The van der Waals surface area contributed by atoms with Gasteiger partial charge in [-0.15, -0.1) is 0 Å². The third kappa shape index (κ3) is 2.46. The van der Waals surface area contributed by atoms with Crippen molar-refractivity contribution < 1.29 is 4.74 Å².